The third-order valence-electron chi connectivity index (χ3n) is 6.68. The molecule has 1 amide bonds. The fourth-order valence-electron chi connectivity index (χ4n) is 4.60. The highest BCUT2D eigenvalue weighted by Gasteiger charge is 2.10. The average Bonchev–Trinajstić information content (AvgIpc) is 3.24. The van der Waals surface area contributed by atoms with E-state index < -0.39 is 0 Å². The van der Waals surface area contributed by atoms with E-state index in [4.69, 9.17) is 9.72 Å². The molecule has 0 spiro atoms. The Morgan fingerprint density at radius 3 is 2.29 bits per heavy atom. The van der Waals surface area contributed by atoms with Crippen molar-refractivity contribution in [2.45, 2.75) is 90.5 Å². The predicted molar refractivity (Wildman–Crippen MR) is 145 cm³/mol. The molecule has 0 aliphatic carbocycles. The first-order valence-electron chi connectivity index (χ1n) is 13.6. The molecule has 0 unspecified atom stereocenters. The number of ether oxygens (including phenoxy) is 1. The molecule has 2 aromatic carbocycles. The van der Waals surface area contributed by atoms with E-state index in [0.717, 1.165) is 43.5 Å². The third-order valence-corrected chi connectivity index (χ3v) is 6.68. The van der Waals surface area contributed by atoms with Gasteiger partial charge in [0.1, 0.15) is 11.6 Å². The van der Waals surface area contributed by atoms with Crippen LogP contribution in [-0.2, 0) is 13.0 Å². The maximum Gasteiger partial charge on any atom is 0.251 e. The van der Waals surface area contributed by atoms with Crippen molar-refractivity contribution in [2.24, 2.45) is 0 Å². The Labute approximate surface area is 211 Å². The molecule has 0 bridgehead atoms. The number of carbonyl (C=O) groups excluding carboxylic acids is 1. The van der Waals surface area contributed by atoms with Crippen molar-refractivity contribution >= 4 is 16.9 Å². The summed E-state index contributed by atoms with van der Waals surface area (Å²) in [7, 11) is 1.63. The lowest BCUT2D eigenvalue weighted by molar-refractivity contribution is 0.0953. The van der Waals surface area contributed by atoms with Crippen LogP contribution in [-0.4, -0.2) is 29.1 Å². The molecular formula is C30H43N3O2. The van der Waals surface area contributed by atoms with Gasteiger partial charge in [0.2, 0.25) is 0 Å². The van der Waals surface area contributed by atoms with Crippen LogP contribution in [0.4, 0.5) is 0 Å². The van der Waals surface area contributed by atoms with Crippen molar-refractivity contribution in [1.29, 1.82) is 0 Å². The van der Waals surface area contributed by atoms with Crippen LogP contribution in [0.15, 0.2) is 48.5 Å². The molecule has 3 aromatic rings. The molecule has 0 fully saturated rings. The number of rotatable bonds is 17. The van der Waals surface area contributed by atoms with E-state index >= 15 is 0 Å². The smallest absolute Gasteiger partial charge is 0.251 e. The number of benzene rings is 2. The Morgan fingerprint density at radius 2 is 1.54 bits per heavy atom. The lowest BCUT2D eigenvalue weighted by atomic mass is 10.1. The number of hydrogen-bond donors (Lipinski definition) is 1. The lowest BCUT2D eigenvalue weighted by Gasteiger charge is -2.10. The van der Waals surface area contributed by atoms with Crippen LogP contribution >= 0.6 is 0 Å². The van der Waals surface area contributed by atoms with Crippen LogP contribution in [0.25, 0.3) is 11.0 Å². The topological polar surface area (TPSA) is 56.2 Å². The quantitative estimate of drug-likeness (QED) is 0.207. The van der Waals surface area contributed by atoms with Crippen molar-refractivity contribution in [3.8, 4) is 5.75 Å². The van der Waals surface area contributed by atoms with Gasteiger partial charge in [0.15, 0.2) is 0 Å². The van der Waals surface area contributed by atoms with Crippen molar-refractivity contribution in [3.63, 3.8) is 0 Å². The van der Waals surface area contributed by atoms with E-state index in [2.05, 4.69) is 41.1 Å². The molecule has 0 saturated carbocycles. The Kier molecular flexibility index (Phi) is 11.7. The molecule has 1 heterocycles. The molecule has 1 aromatic heterocycles. The summed E-state index contributed by atoms with van der Waals surface area (Å²) in [5.41, 5.74) is 3.03. The van der Waals surface area contributed by atoms with Gasteiger partial charge in [-0.1, -0.05) is 70.4 Å². The minimum Gasteiger partial charge on any atom is -0.497 e. The highest BCUT2D eigenvalue weighted by molar-refractivity contribution is 5.94. The van der Waals surface area contributed by atoms with Gasteiger partial charge in [0.05, 0.1) is 18.1 Å². The van der Waals surface area contributed by atoms with Crippen molar-refractivity contribution in [2.75, 3.05) is 13.7 Å². The number of nitrogens with one attached hydrogen (secondary N) is 1. The number of aryl methyl sites for hydroxylation is 2. The number of hydrogen-bond acceptors (Lipinski definition) is 3. The summed E-state index contributed by atoms with van der Waals surface area (Å²) in [6.07, 6.45) is 14.8. The molecule has 0 saturated heterocycles. The number of amides is 1. The molecule has 3 rings (SSSR count). The van der Waals surface area contributed by atoms with E-state index in [9.17, 15) is 4.79 Å². The Balaban J connectivity index is 1.39. The Morgan fingerprint density at radius 1 is 0.857 bits per heavy atom. The summed E-state index contributed by atoms with van der Waals surface area (Å²) >= 11 is 0. The number of fused-ring (bicyclic) bond motifs is 1. The van der Waals surface area contributed by atoms with Crippen LogP contribution in [0.5, 0.6) is 5.75 Å². The number of unbranched alkanes of at least 4 members (excludes halogenated alkanes) is 9. The van der Waals surface area contributed by atoms with Gasteiger partial charge in [-0.15, -0.1) is 0 Å². The number of para-hydroxylation sites is 2. The normalized spacial score (nSPS) is 11.1. The van der Waals surface area contributed by atoms with E-state index in [1.165, 1.54) is 62.7 Å². The molecule has 190 valence electrons. The Hall–Kier alpha value is -2.82. The molecule has 5 nitrogen and oxygen atoms in total. The SMILES string of the molecule is CCCCCCCCCCn1c(CCCCCNC(=O)c2ccc(OC)cc2)nc2ccccc21. The number of nitrogens with zero attached hydrogens (tertiary/aromatic N) is 2. The number of carbonyl (C=O) groups is 1. The highest BCUT2D eigenvalue weighted by atomic mass is 16.5. The first-order chi connectivity index (χ1) is 17.2. The maximum absolute atomic E-state index is 12.3. The summed E-state index contributed by atoms with van der Waals surface area (Å²) in [5, 5.41) is 3.02. The zero-order valence-corrected chi connectivity index (χ0v) is 21.7. The fraction of sp³-hybridized carbons (Fsp3) is 0.533. The predicted octanol–water partition coefficient (Wildman–Crippen LogP) is 7.33. The summed E-state index contributed by atoms with van der Waals surface area (Å²) in [5.74, 6) is 1.94. The van der Waals surface area contributed by atoms with Gasteiger partial charge in [-0.05, 0) is 55.7 Å². The van der Waals surface area contributed by atoms with Crippen molar-refractivity contribution in [1.82, 2.24) is 14.9 Å². The minimum absolute atomic E-state index is 0.0280. The summed E-state index contributed by atoms with van der Waals surface area (Å²) in [4.78, 5) is 17.2. The van der Waals surface area contributed by atoms with E-state index in [0.29, 0.717) is 12.1 Å². The molecule has 35 heavy (non-hydrogen) atoms. The zero-order chi connectivity index (χ0) is 24.7. The second-order valence-electron chi connectivity index (χ2n) is 9.44. The van der Waals surface area contributed by atoms with Crippen LogP contribution in [0.3, 0.4) is 0 Å². The molecule has 0 aliphatic heterocycles. The number of aromatic nitrogens is 2. The average molecular weight is 478 g/mol. The standard InChI is InChI=1S/C30H43N3O2/c1-3-4-5-6-7-8-9-15-24-33-28-17-13-12-16-27(28)32-29(33)18-11-10-14-23-31-30(34)25-19-21-26(35-2)22-20-25/h12-13,16-17,19-22H,3-11,14-15,18,23-24H2,1-2H3,(H,31,34). The fourth-order valence-corrected chi connectivity index (χ4v) is 4.60. The van der Waals surface area contributed by atoms with Crippen LogP contribution in [0.1, 0.15) is 93.7 Å². The van der Waals surface area contributed by atoms with Crippen LogP contribution in [0.2, 0.25) is 0 Å². The van der Waals surface area contributed by atoms with Crippen LogP contribution < -0.4 is 10.1 Å². The Bertz CT molecular complexity index is 1010. The largest absolute Gasteiger partial charge is 0.497 e. The van der Waals surface area contributed by atoms with Gasteiger partial charge < -0.3 is 14.6 Å². The minimum atomic E-state index is -0.0280. The van der Waals surface area contributed by atoms with Gasteiger partial charge in [0.25, 0.3) is 5.91 Å². The summed E-state index contributed by atoms with van der Waals surface area (Å²) < 4.78 is 7.59. The summed E-state index contributed by atoms with van der Waals surface area (Å²) in [6.45, 7) is 4.02. The molecular weight excluding hydrogens is 434 g/mol. The zero-order valence-electron chi connectivity index (χ0n) is 21.7. The summed E-state index contributed by atoms with van der Waals surface area (Å²) in [6, 6.07) is 15.7. The number of methoxy groups -OCH3 is 1. The second-order valence-corrected chi connectivity index (χ2v) is 9.44. The van der Waals surface area contributed by atoms with Crippen LogP contribution in [0, 0.1) is 0 Å². The third kappa shape index (κ3) is 8.72. The first kappa shape index (κ1) is 26.8. The van der Waals surface area contributed by atoms with Crippen molar-refractivity contribution < 1.29 is 9.53 Å². The van der Waals surface area contributed by atoms with Gasteiger partial charge in [-0.2, -0.15) is 0 Å². The highest BCUT2D eigenvalue weighted by Crippen LogP contribution is 2.19. The molecule has 0 radical (unpaired) electrons. The van der Waals surface area contributed by atoms with Gasteiger partial charge in [0, 0.05) is 25.1 Å². The second kappa shape index (κ2) is 15.2. The number of imidazole rings is 1. The first-order valence-corrected chi connectivity index (χ1v) is 13.6. The molecule has 0 aliphatic rings. The van der Waals surface area contributed by atoms with E-state index in [1.807, 2.05) is 12.1 Å². The van der Waals surface area contributed by atoms with E-state index in [1.54, 1.807) is 19.2 Å². The molecule has 1 N–H and O–H groups in total. The lowest BCUT2D eigenvalue weighted by Crippen LogP contribution is -2.24. The van der Waals surface area contributed by atoms with E-state index in [-0.39, 0.29) is 5.91 Å². The van der Waals surface area contributed by atoms with Gasteiger partial charge >= 0.3 is 0 Å². The van der Waals surface area contributed by atoms with Gasteiger partial charge in [-0.3, -0.25) is 4.79 Å². The molecule has 5 heteroatoms. The maximum atomic E-state index is 12.3. The molecule has 0 atom stereocenters. The van der Waals surface area contributed by atoms with Crippen molar-refractivity contribution in [3.05, 3.63) is 59.9 Å². The monoisotopic (exact) mass is 477 g/mol. The van der Waals surface area contributed by atoms with Gasteiger partial charge in [-0.25, -0.2) is 4.98 Å².